The second-order valence-electron chi connectivity index (χ2n) is 6.08. The first-order valence-corrected chi connectivity index (χ1v) is 10.2. The summed E-state index contributed by atoms with van der Waals surface area (Å²) in [4.78, 5) is 8.75. The minimum Gasteiger partial charge on any atom is -0.481 e. The van der Waals surface area contributed by atoms with Crippen LogP contribution in [0.1, 0.15) is 0 Å². The van der Waals surface area contributed by atoms with Crippen LogP contribution in [0, 0.1) is 0 Å². The summed E-state index contributed by atoms with van der Waals surface area (Å²) in [5, 5.41) is 1.83. The normalized spacial score (nSPS) is 13.4. The van der Waals surface area contributed by atoms with Gasteiger partial charge in [-0.3, -0.25) is 0 Å². The van der Waals surface area contributed by atoms with Crippen molar-refractivity contribution in [2.75, 3.05) is 28.4 Å². The lowest BCUT2D eigenvalue weighted by molar-refractivity contribution is 0.362. The fourth-order valence-electron chi connectivity index (χ4n) is 3.49. The number of hydrogen-bond acceptors (Lipinski definition) is 7. The molecule has 3 aromatic rings. The molecule has 0 unspecified atom stereocenters. The maximum atomic E-state index is 14.7. The van der Waals surface area contributed by atoms with Crippen LogP contribution in [0.25, 0.3) is 11.1 Å². The van der Waals surface area contributed by atoms with Crippen LogP contribution >= 0.6 is 7.14 Å². The van der Waals surface area contributed by atoms with Gasteiger partial charge in [0.05, 0.1) is 39.6 Å². The molecule has 0 fully saturated rings. The summed E-state index contributed by atoms with van der Waals surface area (Å²) < 4.78 is 36.3. The van der Waals surface area contributed by atoms with E-state index in [4.69, 9.17) is 18.9 Å². The molecular formula is C20H19N2O5P. The maximum Gasteiger partial charge on any atom is 0.225 e. The number of aromatic nitrogens is 2. The van der Waals surface area contributed by atoms with Gasteiger partial charge in [-0.1, -0.05) is 30.3 Å². The number of benzene rings is 1. The largest absolute Gasteiger partial charge is 0.481 e. The Morgan fingerprint density at radius 2 is 1.18 bits per heavy atom. The third-order valence-corrected chi connectivity index (χ3v) is 7.82. The van der Waals surface area contributed by atoms with E-state index in [2.05, 4.69) is 9.97 Å². The Kier molecular flexibility index (Phi) is 4.47. The topological polar surface area (TPSA) is 79.8 Å². The van der Waals surface area contributed by atoms with Crippen LogP contribution in [-0.2, 0) is 4.57 Å². The van der Waals surface area contributed by atoms with Gasteiger partial charge in [-0.05, 0) is 0 Å². The van der Waals surface area contributed by atoms with E-state index < -0.39 is 7.14 Å². The molecule has 1 aliphatic heterocycles. The van der Waals surface area contributed by atoms with E-state index in [-0.39, 0.29) is 0 Å². The summed E-state index contributed by atoms with van der Waals surface area (Å²) in [5.41, 5.74) is 1.19. The number of fused-ring (bicyclic) bond motifs is 3. The molecule has 0 amide bonds. The molecule has 144 valence electrons. The molecule has 0 saturated heterocycles. The Bertz CT molecular complexity index is 1040. The molecular weight excluding hydrogens is 379 g/mol. The van der Waals surface area contributed by atoms with E-state index in [9.17, 15) is 4.57 Å². The average molecular weight is 398 g/mol. The van der Waals surface area contributed by atoms with Crippen LogP contribution in [0.15, 0.2) is 42.5 Å². The number of methoxy groups -OCH3 is 4. The summed E-state index contributed by atoms with van der Waals surface area (Å²) in [6.07, 6.45) is 0. The number of hydrogen-bond donors (Lipinski definition) is 0. The highest BCUT2D eigenvalue weighted by atomic mass is 31.2. The Morgan fingerprint density at radius 3 is 1.57 bits per heavy atom. The molecule has 28 heavy (non-hydrogen) atoms. The number of ether oxygens (including phenoxy) is 4. The molecule has 0 aliphatic carbocycles. The SMILES string of the molecule is COc1cc2c(c(OC)n1)-c1c(cc(OC)nc1OC)P2(=O)c1ccccc1. The molecule has 0 atom stereocenters. The van der Waals surface area contributed by atoms with Crippen LogP contribution < -0.4 is 34.9 Å². The fraction of sp³-hybridized carbons (Fsp3) is 0.200. The molecule has 1 aliphatic rings. The monoisotopic (exact) mass is 398 g/mol. The molecule has 0 spiro atoms. The van der Waals surface area contributed by atoms with Gasteiger partial charge in [0.1, 0.15) is 0 Å². The van der Waals surface area contributed by atoms with E-state index in [0.717, 1.165) is 0 Å². The zero-order chi connectivity index (χ0) is 19.9. The third-order valence-electron chi connectivity index (χ3n) is 4.74. The van der Waals surface area contributed by atoms with Crippen molar-refractivity contribution in [3.8, 4) is 34.6 Å². The minimum atomic E-state index is -3.26. The van der Waals surface area contributed by atoms with Gasteiger partial charge in [-0.2, -0.15) is 9.97 Å². The Labute approximate surface area is 162 Å². The maximum absolute atomic E-state index is 14.7. The average Bonchev–Trinajstić information content (AvgIpc) is 3.02. The van der Waals surface area contributed by atoms with Crippen molar-refractivity contribution in [3.63, 3.8) is 0 Å². The van der Waals surface area contributed by atoms with Crippen molar-refractivity contribution in [1.82, 2.24) is 9.97 Å². The molecule has 2 aromatic heterocycles. The summed E-state index contributed by atoms with van der Waals surface area (Å²) in [5.74, 6) is 1.24. The lowest BCUT2D eigenvalue weighted by Gasteiger charge is -2.16. The van der Waals surface area contributed by atoms with Crippen LogP contribution in [0.3, 0.4) is 0 Å². The van der Waals surface area contributed by atoms with Crippen molar-refractivity contribution in [2.24, 2.45) is 0 Å². The van der Waals surface area contributed by atoms with Crippen LogP contribution in [-0.4, -0.2) is 38.4 Å². The zero-order valence-electron chi connectivity index (χ0n) is 15.9. The molecule has 3 heterocycles. The molecule has 0 N–H and O–H groups in total. The Balaban J connectivity index is 2.18. The molecule has 7 nitrogen and oxygen atoms in total. The van der Waals surface area contributed by atoms with E-state index >= 15 is 0 Å². The van der Waals surface area contributed by atoms with Gasteiger partial charge in [-0.15, -0.1) is 0 Å². The Morgan fingerprint density at radius 1 is 0.714 bits per heavy atom. The van der Waals surface area contributed by atoms with E-state index in [1.165, 1.54) is 28.4 Å². The minimum absolute atomic E-state index is 0.300. The fourth-order valence-corrected chi connectivity index (χ4v) is 6.53. The lowest BCUT2D eigenvalue weighted by Crippen LogP contribution is -2.21. The van der Waals surface area contributed by atoms with Gasteiger partial charge in [0.2, 0.25) is 23.5 Å². The predicted molar refractivity (Wildman–Crippen MR) is 107 cm³/mol. The lowest BCUT2D eigenvalue weighted by atomic mass is 10.1. The van der Waals surface area contributed by atoms with Crippen molar-refractivity contribution in [3.05, 3.63) is 42.5 Å². The number of nitrogens with zero attached hydrogens (tertiary/aromatic N) is 2. The Hall–Kier alpha value is -3.05. The highest BCUT2D eigenvalue weighted by Crippen LogP contribution is 2.57. The van der Waals surface area contributed by atoms with Gasteiger partial charge in [0, 0.05) is 28.0 Å². The van der Waals surface area contributed by atoms with Crippen molar-refractivity contribution >= 4 is 23.1 Å². The summed E-state index contributed by atoms with van der Waals surface area (Å²) in [6.45, 7) is 0. The zero-order valence-corrected chi connectivity index (χ0v) is 16.8. The highest BCUT2D eigenvalue weighted by molar-refractivity contribution is 7.86. The van der Waals surface area contributed by atoms with Crippen molar-refractivity contribution in [2.45, 2.75) is 0 Å². The molecule has 8 heteroatoms. The first-order chi connectivity index (χ1) is 13.6. The van der Waals surface area contributed by atoms with Gasteiger partial charge in [0.15, 0.2) is 7.14 Å². The first-order valence-electron chi connectivity index (χ1n) is 8.51. The highest BCUT2D eigenvalue weighted by Gasteiger charge is 2.45. The van der Waals surface area contributed by atoms with Crippen molar-refractivity contribution < 1.29 is 23.5 Å². The van der Waals surface area contributed by atoms with Crippen LogP contribution in [0.4, 0.5) is 0 Å². The van der Waals surface area contributed by atoms with Gasteiger partial charge >= 0.3 is 0 Å². The second-order valence-corrected chi connectivity index (χ2v) is 8.78. The third kappa shape index (κ3) is 2.47. The smallest absolute Gasteiger partial charge is 0.225 e. The van der Waals surface area contributed by atoms with E-state index in [0.29, 0.717) is 50.6 Å². The van der Waals surface area contributed by atoms with Gasteiger partial charge in [-0.25, -0.2) is 0 Å². The molecule has 0 bridgehead atoms. The molecule has 0 saturated carbocycles. The molecule has 1 aromatic carbocycles. The summed E-state index contributed by atoms with van der Waals surface area (Å²) in [6, 6.07) is 12.7. The van der Waals surface area contributed by atoms with Crippen molar-refractivity contribution in [1.29, 1.82) is 0 Å². The number of pyridine rings is 2. The summed E-state index contributed by atoms with van der Waals surface area (Å²) in [7, 11) is 2.78. The number of rotatable bonds is 5. The van der Waals surface area contributed by atoms with E-state index in [1.54, 1.807) is 12.1 Å². The predicted octanol–water partition coefficient (Wildman–Crippen LogP) is 2.13. The summed E-state index contributed by atoms with van der Waals surface area (Å²) >= 11 is 0. The second kappa shape index (κ2) is 6.84. The molecule has 4 rings (SSSR count). The van der Waals surface area contributed by atoms with Gasteiger partial charge in [0.25, 0.3) is 0 Å². The van der Waals surface area contributed by atoms with E-state index in [1.807, 2.05) is 30.3 Å². The standard InChI is InChI=1S/C20H19N2O5P/c1-24-15-10-13-17(19(21-15)26-3)18-14(11-16(25-2)22-20(18)27-4)28(13,23)12-8-6-5-7-9-12/h5-11H,1-4H3. The van der Waals surface area contributed by atoms with Crippen LogP contribution in [0.5, 0.6) is 23.5 Å². The quantitative estimate of drug-likeness (QED) is 0.477. The first kappa shape index (κ1) is 18.3. The molecule has 0 radical (unpaired) electrons. The van der Waals surface area contributed by atoms with Crippen LogP contribution in [0.2, 0.25) is 0 Å². The van der Waals surface area contributed by atoms with Gasteiger partial charge < -0.3 is 23.5 Å².